The molecule has 0 aliphatic carbocycles. The number of rotatable bonds is 4. The molecule has 2 atom stereocenters. The van der Waals surface area contributed by atoms with Crippen molar-refractivity contribution >= 4 is 23.3 Å². The van der Waals surface area contributed by atoms with Crippen molar-refractivity contribution in [2.45, 2.75) is 25.4 Å². The summed E-state index contributed by atoms with van der Waals surface area (Å²) in [6.07, 6.45) is 6.85. The number of methoxy groups -OCH3 is 1. The van der Waals surface area contributed by atoms with Crippen molar-refractivity contribution < 1.29 is 14.3 Å². The third kappa shape index (κ3) is 3.26. The van der Waals surface area contributed by atoms with Crippen LogP contribution in [0.1, 0.15) is 24.1 Å². The van der Waals surface area contributed by atoms with Gasteiger partial charge < -0.3 is 14.4 Å². The van der Waals surface area contributed by atoms with Crippen LogP contribution in [0.2, 0.25) is 0 Å². The Morgan fingerprint density at radius 1 is 1.64 bits per heavy atom. The number of carbonyl (C=O) groups excluding carboxylic acids is 1. The van der Waals surface area contributed by atoms with E-state index < -0.39 is 0 Å². The van der Waals surface area contributed by atoms with Crippen LogP contribution in [0, 0.1) is 5.41 Å². The minimum Gasteiger partial charge on any atom is -0.384 e. The zero-order valence-corrected chi connectivity index (χ0v) is 13.8. The highest BCUT2D eigenvalue weighted by atomic mass is 32.1. The number of hydrogen-bond acceptors (Lipinski definition) is 4. The van der Waals surface area contributed by atoms with E-state index in [0.717, 1.165) is 43.8 Å². The van der Waals surface area contributed by atoms with E-state index >= 15 is 0 Å². The molecular formula is C17H23NO3S. The van der Waals surface area contributed by atoms with E-state index in [4.69, 9.17) is 9.47 Å². The fourth-order valence-electron chi connectivity index (χ4n) is 3.62. The van der Waals surface area contributed by atoms with Crippen molar-refractivity contribution in [3.05, 3.63) is 28.5 Å². The normalized spacial score (nSPS) is 28.8. The second-order valence-electron chi connectivity index (χ2n) is 6.16. The molecule has 3 heterocycles. The minimum absolute atomic E-state index is 0.0301. The first-order valence-electron chi connectivity index (χ1n) is 7.84. The molecule has 0 saturated carbocycles. The second kappa shape index (κ2) is 6.94. The van der Waals surface area contributed by atoms with Gasteiger partial charge in [-0.1, -0.05) is 6.07 Å². The van der Waals surface area contributed by atoms with Gasteiger partial charge in [0.2, 0.25) is 5.91 Å². The molecule has 1 amide bonds. The third-order valence-electron chi connectivity index (χ3n) is 4.66. The molecule has 3 rings (SSSR count). The zero-order chi connectivity index (χ0) is 15.4. The molecule has 4 nitrogen and oxygen atoms in total. The fourth-order valence-corrected chi connectivity index (χ4v) is 4.24. The highest BCUT2D eigenvalue weighted by Gasteiger charge is 2.46. The Hall–Kier alpha value is -1.17. The van der Waals surface area contributed by atoms with Crippen LogP contribution >= 0.6 is 11.3 Å². The van der Waals surface area contributed by atoms with Crippen molar-refractivity contribution in [1.29, 1.82) is 0 Å². The van der Waals surface area contributed by atoms with Crippen molar-refractivity contribution in [1.82, 2.24) is 4.90 Å². The maximum Gasteiger partial charge on any atom is 0.246 e. The summed E-state index contributed by atoms with van der Waals surface area (Å²) in [5, 5.41) is 2.02. The Kier molecular flexibility index (Phi) is 4.96. The summed E-state index contributed by atoms with van der Waals surface area (Å²) in [7, 11) is 1.73. The van der Waals surface area contributed by atoms with Crippen LogP contribution in [-0.4, -0.2) is 50.3 Å². The van der Waals surface area contributed by atoms with Crippen LogP contribution in [0.15, 0.2) is 23.6 Å². The van der Waals surface area contributed by atoms with Gasteiger partial charge in [-0.2, -0.15) is 0 Å². The third-order valence-corrected chi connectivity index (χ3v) is 5.50. The number of piperidine rings is 1. The van der Waals surface area contributed by atoms with Gasteiger partial charge in [0.25, 0.3) is 0 Å². The molecule has 2 aliphatic heterocycles. The van der Waals surface area contributed by atoms with Gasteiger partial charge in [0, 0.05) is 43.2 Å². The number of ether oxygens (including phenoxy) is 2. The first-order chi connectivity index (χ1) is 10.7. The van der Waals surface area contributed by atoms with Crippen molar-refractivity contribution in [3.8, 4) is 0 Å². The molecule has 22 heavy (non-hydrogen) atoms. The molecule has 2 aliphatic rings. The van der Waals surface area contributed by atoms with Gasteiger partial charge in [0.15, 0.2) is 0 Å². The minimum atomic E-state index is -0.0301. The van der Waals surface area contributed by atoms with Crippen LogP contribution < -0.4 is 0 Å². The number of fused-ring (bicyclic) bond motifs is 1. The van der Waals surface area contributed by atoms with Crippen LogP contribution in [0.3, 0.4) is 0 Å². The quantitative estimate of drug-likeness (QED) is 0.801. The van der Waals surface area contributed by atoms with Crippen molar-refractivity contribution in [2.75, 3.05) is 33.4 Å². The average Bonchev–Trinajstić information content (AvgIpc) is 3.05. The SMILES string of the molecule is COC[C@@]12CCCO[C@H]1CCN(C(=O)/C=C/c1cccs1)C2. The molecule has 2 saturated heterocycles. The standard InChI is InChI=1S/C17H23NO3S/c1-20-13-17-8-3-10-21-15(17)7-9-18(12-17)16(19)6-5-14-4-2-11-22-14/h2,4-6,11,15H,3,7-10,12-13H2,1H3/b6-5+/t15-,17-/m0/s1. The molecule has 0 bridgehead atoms. The molecule has 0 N–H and O–H groups in total. The average molecular weight is 321 g/mol. The van der Waals surface area contributed by atoms with Gasteiger partial charge >= 0.3 is 0 Å². The zero-order valence-electron chi connectivity index (χ0n) is 13.0. The lowest BCUT2D eigenvalue weighted by Gasteiger charge is -2.50. The lowest BCUT2D eigenvalue weighted by atomic mass is 9.73. The molecule has 5 heteroatoms. The molecule has 0 spiro atoms. The van der Waals surface area contributed by atoms with Gasteiger partial charge in [-0.05, 0) is 36.8 Å². The number of carbonyl (C=O) groups is 1. The second-order valence-corrected chi connectivity index (χ2v) is 7.13. The number of nitrogens with zero attached hydrogens (tertiary/aromatic N) is 1. The van der Waals surface area contributed by atoms with Gasteiger partial charge in [-0.15, -0.1) is 11.3 Å². The Balaban J connectivity index is 1.68. The smallest absolute Gasteiger partial charge is 0.246 e. The summed E-state index contributed by atoms with van der Waals surface area (Å²) >= 11 is 1.64. The first-order valence-corrected chi connectivity index (χ1v) is 8.72. The van der Waals surface area contributed by atoms with Crippen LogP contribution in [-0.2, 0) is 14.3 Å². The van der Waals surface area contributed by atoms with E-state index in [0.29, 0.717) is 6.61 Å². The predicted octanol–water partition coefficient (Wildman–Crippen LogP) is 2.81. The first kappa shape index (κ1) is 15.7. The maximum atomic E-state index is 12.5. The lowest BCUT2D eigenvalue weighted by molar-refractivity contribution is -0.159. The maximum absolute atomic E-state index is 12.5. The van der Waals surface area contributed by atoms with E-state index in [1.807, 2.05) is 28.5 Å². The summed E-state index contributed by atoms with van der Waals surface area (Å²) in [5.41, 5.74) is -0.0301. The predicted molar refractivity (Wildman–Crippen MR) is 87.8 cm³/mol. The van der Waals surface area contributed by atoms with Crippen molar-refractivity contribution in [3.63, 3.8) is 0 Å². The largest absolute Gasteiger partial charge is 0.384 e. The van der Waals surface area contributed by atoms with Crippen LogP contribution in [0.4, 0.5) is 0 Å². The molecular weight excluding hydrogens is 298 g/mol. The molecule has 0 radical (unpaired) electrons. The number of likely N-dealkylation sites (tertiary alicyclic amines) is 1. The molecule has 2 fully saturated rings. The highest BCUT2D eigenvalue weighted by Crippen LogP contribution is 2.40. The topological polar surface area (TPSA) is 38.8 Å². The van der Waals surface area contributed by atoms with E-state index in [-0.39, 0.29) is 17.4 Å². The van der Waals surface area contributed by atoms with Gasteiger partial charge in [-0.3, -0.25) is 4.79 Å². The fraction of sp³-hybridized carbons (Fsp3) is 0.588. The summed E-state index contributed by atoms with van der Waals surface area (Å²) < 4.78 is 11.4. The highest BCUT2D eigenvalue weighted by molar-refractivity contribution is 7.10. The number of amides is 1. The van der Waals surface area contributed by atoms with E-state index in [2.05, 4.69) is 0 Å². The lowest BCUT2D eigenvalue weighted by Crippen LogP contribution is -2.57. The molecule has 120 valence electrons. The molecule has 1 aromatic rings. The summed E-state index contributed by atoms with van der Waals surface area (Å²) in [6, 6.07) is 4.01. The van der Waals surface area contributed by atoms with Crippen LogP contribution in [0.25, 0.3) is 6.08 Å². The number of thiophene rings is 1. The number of hydrogen-bond donors (Lipinski definition) is 0. The van der Waals surface area contributed by atoms with Gasteiger partial charge in [0.05, 0.1) is 12.7 Å². The monoisotopic (exact) mass is 321 g/mol. The van der Waals surface area contributed by atoms with E-state index in [1.165, 1.54) is 0 Å². The van der Waals surface area contributed by atoms with Gasteiger partial charge in [0.1, 0.15) is 0 Å². The summed E-state index contributed by atoms with van der Waals surface area (Å²) in [5.74, 6) is 0.0906. The summed E-state index contributed by atoms with van der Waals surface area (Å²) in [4.78, 5) is 15.5. The Morgan fingerprint density at radius 3 is 3.32 bits per heavy atom. The van der Waals surface area contributed by atoms with E-state index in [1.54, 1.807) is 24.5 Å². The van der Waals surface area contributed by atoms with Gasteiger partial charge in [-0.25, -0.2) is 0 Å². The Labute approximate surface area is 135 Å². The Morgan fingerprint density at radius 2 is 2.55 bits per heavy atom. The molecule has 1 aromatic heterocycles. The van der Waals surface area contributed by atoms with E-state index in [9.17, 15) is 4.79 Å². The summed E-state index contributed by atoms with van der Waals surface area (Å²) in [6.45, 7) is 3.00. The van der Waals surface area contributed by atoms with Crippen LogP contribution in [0.5, 0.6) is 0 Å². The molecule has 0 aromatic carbocycles. The van der Waals surface area contributed by atoms with Crippen molar-refractivity contribution in [2.24, 2.45) is 5.41 Å². The molecule has 0 unspecified atom stereocenters. The Bertz CT molecular complexity index is 524.